The zero-order valence-electron chi connectivity index (χ0n) is 12.4. The van der Waals surface area contributed by atoms with Gasteiger partial charge in [0.1, 0.15) is 12.4 Å². The van der Waals surface area contributed by atoms with Crippen molar-refractivity contribution in [2.45, 2.75) is 31.4 Å². The van der Waals surface area contributed by atoms with E-state index in [4.69, 9.17) is 4.74 Å². The van der Waals surface area contributed by atoms with Gasteiger partial charge in [-0.3, -0.25) is 0 Å². The highest BCUT2D eigenvalue weighted by Gasteiger charge is 2.25. The van der Waals surface area contributed by atoms with Gasteiger partial charge in [0.05, 0.1) is 18.3 Å². The summed E-state index contributed by atoms with van der Waals surface area (Å²) >= 11 is 0. The van der Waals surface area contributed by atoms with Gasteiger partial charge in [-0.1, -0.05) is 18.6 Å². The first-order valence-corrected chi connectivity index (χ1v) is 7.83. The monoisotopic (exact) mass is 288 g/mol. The van der Waals surface area contributed by atoms with Crippen LogP contribution in [0.5, 0.6) is 5.75 Å². The third-order valence-electron chi connectivity index (χ3n) is 4.36. The Morgan fingerprint density at radius 2 is 2.38 bits per heavy atom. The summed E-state index contributed by atoms with van der Waals surface area (Å²) in [5.74, 6) is 0.899. The van der Waals surface area contributed by atoms with Crippen LogP contribution < -0.4 is 15.0 Å². The third kappa shape index (κ3) is 3.06. The van der Waals surface area contributed by atoms with Crippen molar-refractivity contribution in [1.29, 1.82) is 0 Å². The van der Waals surface area contributed by atoms with Crippen LogP contribution in [-0.2, 0) is 0 Å². The van der Waals surface area contributed by atoms with E-state index in [9.17, 15) is 5.11 Å². The molecule has 114 valence electrons. The standard InChI is InChI=1S/C17H24N2O2/c1-2-9-19-10-11-21-16-7-6-13(12-15(16)19)17(20)14-5-3-4-8-18-14/h2,6-7,12,14,17-18,20H,1,3-5,8-11H2. The van der Waals surface area contributed by atoms with E-state index in [1.807, 2.05) is 18.2 Å². The fourth-order valence-corrected chi connectivity index (χ4v) is 3.20. The fraction of sp³-hybridized carbons (Fsp3) is 0.529. The number of aliphatic hydroxyl groups excluding tert-OH is 1. The molecule has 2 unspecified atom stereocenters. The summed E-state index contributed by atoms with van der Waals surface area (Å²) in [4.78, 5) is 2.25. The number of fused-ring (bicyclic) bond motifs is 1. The molecule has 2 N–H and O–H groups in total. The lowest BCUT2D eigenvalue weighted by Crippen LogP contribution is -2.39. The molecule has 0 spiro atoms. The first kappa shape index (κ1) is 14.4. The zero-order valence-corrected chi connectivity index (χ0v) is 12.4. The van der Waals surface area contributed by atoms with Gasteiger partial charge < -0.3 is 20.1 Å². The van der Waals surface area contributed by atoms with E-state index < -0.39 is 6.10 Å². The van der Waals surface area contributed by atoms with Gasteiger partial charge in [0, 0.05) is 12.6 Å². The van der Waals surface area contributed by atoms with Crippen molar-refractivity contribution in [3.8, 4) is 5.75 Å². The zero-order chi connectivity index (χ0) is 14.7. The van der Waals surface area contributed by atoms with E-state index in [0.29, 0.717) is 6.61 Å². The van der Waals surface area contributed by atoms with Crippen LogP contribution in [0.3, 0.4) is 0 Å². The molecule has 1 fully saturated rings. The Hall–Kier alpha value is -1.52. The topological polar surface area (TPSA) is 44.7 Å². The summed E-state index contributed by atoms with van der Waals surface area (Å²) in [5, 5.41) is 14.0. The molecule has 1 aromatic carbocycles. The van der Waals surface area contributed by atoms with Gasteiger partial charge >= 0.3 is 0 Å². The van der Waals surface area contributed by atoms with Crippen molar-refractivity contribution < 1.29 is 9.84 Å². The van der Waals surface area contributed by atoms with Crippen molar-refractivity contribution in [1.82, 2.24) is 5.32 Å². The van der Waals surface area contributed by atoms with Crippen LogP contribution in [0.4, 0.5) is 5.69 Å². The highest BCUT2D eigenvalue weighted by Crippen LogP contribution is 2.35. The summed E-state index contributed by atoms with van der Waals surface area (Å²) in [6, 6.07) is 6.19. The lowest BCUT2D eigenvalue weighted by molar-refractivity contribution is 0.114. The minimum Gasteiger partial charge on any atom is -0.490 e. The van der Waals surface area contributed by atoms with E-state index in [1.54, 1.807) is 0 Å². The SMILES string of the molecule is C=CCN1CCOc2ccc(C(O)C3CCCCN3)cc21. The number of rotatable bonds is 4. The predicted molar refractivity (Wildman–Crippen MR) is 84.9 cm³/mol. The Morgan fingerprint density at radius 1 is 1.48 bits per heavy atom. The second-order valence-electron chi connectivity index (χ2n) is 5.81. The van der Waals surface area contributed by atoms with Crippen LogP contribution in [-0.4, -0.2) is 37.4 Å². The highest BCUT2D eigenvalue weighted by atomic mass is 16.5. The molecule has 0 aromatic heterocycles. The smallest absolute Gasteiger partial charge is 0.142 e. The summed E-state index contributed by atoms with van der Waals surface area (Å²) in [6.07, 6.45) is 4.87. The molecule has 2 aliphatic rings. The number of nitrogens with zero attached hydrogens (tertiary/aromatic N) is 1. The normalized spacial score (nSPS) is 23.1. The Morgan fingerprint density at radius 3 is 3.14 bits per heavy atom. The summed E-state index contributed by atoms with van der Waals surface area (Å²) in [6.45, 7) is 7.18. The van der Waals surface area contributed by atoms with E-state index in [0.717, 1.165) is 43.1 Å². The minimum absolute atomic E-state index is 0.161. The number of anilines is 1. The first-order chi connectivity index (χ1) is 10.3. The number of piperidine rings is 1. The van der Waals surface area contributed by atoms with E-state index in [1.165, 1.54) is 12.8 Å². The van der Waals surface area contributed by atoms with Crippen LogP contribution in [0, 0.1) is 0 Å². The fourth-order valence-electron chi connectivity index (χ4n) is 3.20. The Labute approximate surface area is 126 Å². The molecule has 0 saturated carbocycles. The largest absolute Gasteiger partial charge is 0.490 e. The number of hydrogen-bond donors (Lipinski definition) is 2. The van der Waals surface area contributed by atoms with Crippen molar-refractivity contribution in [3.05, 3.63) is 36.4 Å². The van der Waals surface area contributed by atoms with E-state index in [2.05, 4.69) is 22.9 Å². The summed E-state index contributed by atoms with van der Waals surface area (Å²) < 4.78 is 5.71. The number of benzene rings is 1. The predicted octanol–water partition coefficient (Wildman–Crippen LogP) is 2.25. The van der Waals surface area contributed by atoms with Gasteiger partial charge in [-0.05, 0) is 37.1 Å². The maximum Gasteiger partial charge on any atom is 0.142 e. The molecule has 1 saturated heterocycles. The van der Waals surface area contributed by atoms with Crippen molar-refractivity contribution in [2.75, 3.05) is 31.1 Å². The quantitative estimate of drug-likeness (QED) is 0.834. The average molecular weight is 288 g/mol. The molecule has 2 atom stereocenters. The Kier molecular flexibility index (Phi) is 4.46. The van der Waals surface area contributed by atoms with Crippen molar-refractivity contribution in [2.24, 2.45) is 0 Å². The van der Waals surface area contributed by atoms with Gasteiger partial charge in [-0.15, -0.1) is 6.58 Å². The number of hydrogen-bond acceptors (Lipinski definition) is 4. The van der Waals surface area contributed by atoms with E-state index in [-0.39, 0.29) is 6.04 Å². The molecule has 1 aromatic rings. The third-order valence-corrected chi connectivity index (χ3v) is 4.36. The first-order valence-electron chi connectivity index (χ1n) is 7.83. The molecule has 2 heterocycles. The second kappa shape index (κ2) is 6.50. The van der Waals surface area contributed by atoms with E-state index >= 15 is 0 Å². The Bertz CT molecular complexity index is 498. The number of nitrogens with one attached hydrogen (secondary N) is 1. The van der Waals surface area contributed by atoms with Crippen LogP contribution in [0.2, 0.25) is 0 Å². The van der Waals surface area contributed by atoms with Crippen molar-refractivity contribution >= 4 is 5.69 Å². The Balaban J connectivity index is 1.83. The molecule has 0 bridgehead atoms. The lowest BCUT2D eigenvalue weighted by atomic mass is 9.94. The molecule has 3 rings (SSSR count). The molecular weight excluding hydrogens is 264 g/mol. The van der Waals surface area contributed by atoms with Crippen molar-refractivity contribution in [3.63, 3.8) is 0 Å². The maximum atomic E-state index is 10.6. The van der Waals surface area contributed by atoms with Crippen LogP contribution in [0.25, 0.3) is 0 Å². The van der Waals surface area contributed by atoms with Crippen LogP contribution >= 0.6 is 0 Å². The molecule has 4 heteroatoms. The molecular formula is C17H24N2O2. The number of ether oxygens (including phenoxy) is 1. The van der Waals surface area contributed by atoms with Gasteiger partial charge in [-0.2, -0.15) is 0 Å². The molecule has 0 radical (unpaired) electrons. The van der Waals surface area contributed by atoms with Gasteiger partial charge in [0.2, 0.25) is 0 Å². The maximum absolute atomic E-state index is 10.6. The van der Waals surface area contributed by atoms with Gasteiger partial charge in [0.15, 0.2) is 0 Å². The molecule has 0 amide bonds. The van der Waals surface area contributed by atoms with Gasteiger partial charge in [0.25, 0.3) is 0 Å². The molecule has 0 aliphatic carbocycles. The lowest BCUT2D eigenvalue weighted by Gasteiger charge is -2.32. The molecule has 2 aliphatic heterocycles. The minimum atomic E-state index is -0.455. The molecule has 4 nitrogen and oxygen atoms in total. The van der Waals surface area contributed by atoms with Crippen LogP contribution in [0.15, 0.2) is 30.9 Å². The molecule has 21 heavy (non-hydrogen) atoms. The van der Waals surface area contributed by atoms with Crippen LogP contribution in [0.1, 0.15) is 30.9 Å². The van der Waals surface area contributed by atoms with Gasteiger partial charge in [-0.25, -0.2) is 0 Å². The summed E-state index contributed by atoms with van der Waals surface area (Å²) in [5.41, 5.74) is 2.03. The summed E-state index contributed by atoms with van der Waals surface area (Å²) in [7, 11) is 0. The number of aliphatic hydroxyl groups is 1. The average Bonchev–Trinajstić information content (AvgIpc) is 2.55. The highest BCUT2D eigenvalue weighted by molar-refractivity contribution is 5.62. The second-order valence-corrected chi connectivity index (χ2v) is 5.81.